The summed E-state index contributed by atoms with van der Waals surface area (Å²) in [6.45, 7) is 0. The highest BCUT2D eigenvalue weighted by Crippen LogP contribution is 2.42. The number of anilines is 2. The monoisotopic (exact) mass is 426 g/mol. The molecule has 2 aliphatic heterocycles. The minimum atomic E-state index is -4.58. The first-order chi connectivity index (χ1) is 13.6. The van der Waals surface area contributed by atoms with Crippen molar-refractivity contribution in [3.05, 3.63) is 54.1 Å². The molecule has 2 aromatic rings. The Labute approximate surface area is 165 Å². The molecule has 0 saturated carbocycles. The number of carbonyl (C=O) groups is 1. The predicted octanol–water partition coefficient (Wildman–Crippen LogP) is 3.33. The van der Waals surface area contributed by atoms with Crippen molar-refractivity contribution in [2.45, 2.75) is 18.3 Å². The molecular formula is C19H17F3N2O4S. The number of nitrogens with zero attached hydrogens (tertiary/aromatic N) is 2. The summed E-state index contributed by atoms with van der Waals surface area (Å²) in [5.41, 5.74) is -0.521. The van der Waals surface area contributed by atoms with E-state index in [2.05, 4.69) is 0 Å². The van der Waals surface area contributed by atoms with Crippen molar-refractivity contribution in [1.29, 1.82) is 0 Å². The second-order valence-electron chi connectivity index (χ2n) is 6.95. The second kappa shape index (κ2) is 6.65. The molecule has 0 spiro atoms. The highest BCUT2D eigenvalue weighted by molar-refractivity contribution is 7.91. The summed E-state index contributed by atoms with van der Waals surface area (Å²) < 4.78 is 69.4. The van der Waals surface area contributed by atoms with E-state index < -0.39 is 39.7 Å². The summed E-state index contributed by atoms with van der Waals surface area (Å²) in [4.78, 5) is 15.7. The lowest BCUT2D eigenvalue weighted by atomic mass is 10.1. The van der Waals surface area contributed by atoms with Crippen LogP contribution in [-0.2, 0) is 16.0 Å². The van der Waals surface area contributed by atoms with E-state index in [-0.39, 0.29) is 17.2 Å². The topological polar surface area (TPSA) is 66.9 Å². The van der Waals surface area contributed by atoms with E-state index >= 15 is 0 Å². The minimum absolute atomic E-state index is 0.00863. The molecule has 2 aliphatic rings. The summed E-state index contributed by atoms with van der Waals surface area (Å²) >= 11 is 0. The fraction of sp³-hybridized carbons (Fsp3) is 0.316. The van der Waals surface area contributed by atoms with E-state index in [1.54, 1.807) is 24.3 Å². The SMILES string of the molecule is COc1ccccc1N1C(=O)N(c2cccc(C(F)(F)F)c2)[C@H]2CS(=O)(=O)C[C@H]21. The molecule has 2 fully saturated rings. The van der Waals surface area contributed by atoms with Crippen LogP contribution in [0.25, 0.3) is 0 Å². The van der Waals surface area contributed by atoms with Gasteiger partial charge in [0.05, 0.1) is 42.0 Å². The molecule has 2 amide bonds. The number of methoxy groups -OCH3 is 1. The van der Waals surface area contributed by atoms with Gasteiger partial charge in [-0.3, -0.25) is 9.80 Å². The third-order valence-corrected chi connectivity index (χ3v) is 6.86. The van der Waals surface area contributed by atoms with Gasteiger partial charge in [0.15, 0.2) is 9.84 Å². The number of ether oxygens (including phenoxy) is 1. The molecule has 0 aliphatic carbocycles. The van der Waals surface area contributed by atoms with Gasteiger partial charge in [0.25, 0.3) is 0 Å². The van der Waals surface area contributed by atoms with E-state index in [1.807, 2.05) is 0 Å². The lowest BCUT2D eigenvalue weighted by Gasteiger charge is -2.24. The van der Waals surface area contributed by atoms with Gasteiger partial charge in [-0.1, -0.05) is 18.2 Å². The zero-order chi connectivity index (χ0) is 21.0. The Hall–Kier alpha value is -2.75. The molecule has 2 atom stereocenters. The van der Waals surface area contributed by atoms with E-state index in [0.717, 1.165) is 17.0 Å². The number of hydrogen-bond donors (Lipinski definition) is 0. The maximum absolute atomic E-state index is 13.3. The Morgan fingerprint density at radius 3 is 2.31 bits per heavy atom. The number of halogens is 3. The summed E-state index contributed by atoms with van der Waals surface area (Å²) in [6.07, 6.45) is -4.58. The molecule has 154 valence electrons. The number of para-hydroxylation sites is 2. The number of urea groups is 1. The van der Waals surface area contributed by atoms with Gasteiger partial charge in [-0.25, -0.2) is 13.2 Å². The van der Waals surface area contributed by atoms with Crippen molar-refractivity contribution < 1.29 is 31.1 Å². The van der Waals surface area contributed by atoms with Gasteiger partial charge in [0.2, 0.25) is 0 Å². The van der Waals surface area contributed by atoms with Crippen LogP contribution in [0.3, 0.4) is 0 Å². The highest BCUT2D eigenvalue weighted by atomic mass is 32.2. The maximum atomic E-state index is 13.3. The number of benzene rings is 2. The first kappa shape index (κ1) is 19.6. The van der Waals surface area contributed by atoms with Crippen molar-refractivity contribution in [3.8, 4) is 5.75 Å². The summed E-state index contributed by atoms with van der Waals surface area (Å²) in [7, 11) is -2.04. The van der Waals surface area contributed by atoms with Crippen LogP contribution >= 0.6 is 0 Å². The number of sulfone groups is 1. The summed E-state index contributed by atoms with van der Waals surface area (Å²) in [5.74, 6) is -0.211. The lowest BCUT2D eigenvalue weighted by Crippen LogP contribution is -2.38. The van der Waals surface area contributed by atoms with Crippen molar-refractivity contribution in [3.63, 3.8) is 0 Å². The van der Waals surface area contributed by atoms with Gasteiger partial charge >= 0.3 is 12.2 Å². The Morgan fingerprint density at radius 2 is 1.66 bits per heavy atom. The molecule has 2 aromatic carbocycles. The molecule has 2 heterocycles. The number of rotatable bonds is 3. The van der Waals surface area contributed by atoms with E-state index in [4.69, 9.17) is 4.74 Å². The number of alkyl halides is 3. The predicted molar refractivity (Wildman–Crippen MR) is 101 cm³/mol. The van der Waals surface area contributed by atoms with Crippen LogP contribution in [0.4, 0.5) is 29.3 Å². The second-order valence-corrected chi connectivity index (χ2v) is 9.11. The Bertz CT molecular complexity index is 1070. The zero-order valence-corrected chi connectivity index (χ0v) is 16.1. The van der Waals surface area contributed by atoms with Crippen LogP contribution in [-0.4, -0.2) is 45.1 Å². The first-order valence-corrected chi connectivity index (χ1v) is 10.6. The van der Waals surface area contributed by atoms with Crippen LogP contribution in [0, 0.1) is 0 Å². The third kappa shape index (κ3) is 3.31. The Balaban J connectivity index is 1.83. The van der Waals surface area contributed by atoms with Crippen LogP contribution in [0.2, 0.25) is 0 Å². The first-order valence-electron chi connectivity index (χ1n) is 8.75. The van der Waals surface area contributed by atoms with Crippen molar-refractivity contribution in [2.75, 3.05) is 28.4 Å². The Kier molecular flexibility index (Phi) is 4.49. The van der Waals surface area contributed by atoms with E-state index in [0.29, 0.717) is 11.4 Å². The zero-order valence-electron chi connectivity index (χ0n) is 15.3. The number of hydrogen-bond acceptors (Lipinski definition) is 4. The summed E-state index contributed by atoms with van der Waals surface area (Å²) in [6, 6.07) is 8.89. The van der Waals surface area contributed by atoms with Gasteiger partial charge in [-0.2, -0.15) is 13.2 Å². The van der Waals surface area contributed by atoms with Gasteiger partial charge in [-0.15, -0.1) is 0 Å². The van der Waals surface area contributed by atoms with Crippen LogP contribution < -0.4 is 14.5 Å². The highest BCUT2D eigenvalue weighted by Gasteiger charge is 2.55. The van der Waals surface area contributed by atoms with Gasteiger partial charge in [-0.05, 0) is 30.3 Å². The van der Waals surface area contributed by atoms with Gasteiger partial charge in [0.1, 0.15) is 5.75 Å². The van der Waals surface area contributed by atoms with Gasteiger partial charge < -0.3 is 4.74 Å². The maximum Gasteiger partial charge on any atom is 0.416 e. The molecule has 0 unspecified atom stereocenters. The van der Waals surface area contributed by atoms with E-state index in [9.17, 15) is 26.4 Å². The smallest absolute Gasteiger partial charge is 0.416 e. The number of amides is 2. The lowest BCUT2D eigenvalue weighted by molar-refractivity contribution is -0.137. The fourth-order valence-corrected chi connectivity index (χ4v) is 5.87. The normalized spacial score (nSPS) is 23.4. The Morgan fingerprint density at radius 1 is 1.00 bits per heavy atom. The van der Waals surface area contributed by atoms with Gasteiger partial charge in [0, 0.05) is 5.69 Å². The molecule has 4 rings (SSSR count). The molecule has 0 aromatic heterocycles. The largest absolute Gasteiger partial charge is 0.495 e. The standard InChI is InChI=1S/C19H17F3N2O4S/c1-28-17-8-3-2-7-14(17)24-16-11-29(26,27)10-15(16)23(18(24)25)13-6-4-5-12(9-13)19(20,21)22/h2-9,15-16H,10-11H2,1H3/t15-,16+/m0/s1. The van der Waals surface area contributed by atoms with E-state index in [1.165, 1.54) is 24.1 Å². The molecule has 0 N–H and O–H groups in total. The molecule has 29 heavy (non-hydrogen) atoms. The minimum Gasteiger partial charge on any atom is -0.495 e. The average Bonchev–Trinajstić information content (AvgIpc) is 3.09. The van der Waals surface area contributed by atoms with Crippen LogP contribution in [0.1, 0.15) is 5.56 Å². The van der Waals surface area contributed by atoms with Crippen molar-refractivity contribution in [2.24, 2.45) is 0 Å². The molecule has 6 nitrogen and oxygen atoms in total. The van der Waals surface area contributed by atoms with Crippen LogP contribution in [0.15, 0.2) is 48.5 Å². The number of fused-ring (bicyclic) bond motifs is 1. The average molecular weight is 426 g/mol. The van der Waals surface area contributed by atoms with Crippen LogP contribution in [0.5, 0.6) is 5.75 Å². The summed E-state index contributed by atoms with van der Waals surface area (Å²) in [5, 5.41) is 0. The molecular weight excluding hydrogens is 409 g/mol. The molecule has 10 heteroatoms. The third-order valence-electron chi connectivity index (χ3n) is 5.17. The molecule has 0 radical (unpaired) electrons. The quantitative estimate of drug-likeness (QED) is 0.707. The molecule has 2 saturated heterocycles. The van der Waals surface area contributed by atoms with Crippen molar-refractivity contribution in [1.82, 2.24) is 0 Å². The van der Waals surface area contributed by atoms with Crippen molar-refractivity contribution >= 4 is 27.2 Å². The number of carbonyl (C=O) groups excluding carboxylic acids is 1. The molecule has 0 bridgehead atoms. The fourth-order valence-electron chi connectivity index (χ4n) is 3.95.